The minimum atomic E-state index is -0.524. The van der Waals surface area contributed by atoms with Crippen molar-refractivity contribution in [2.24, 2.45) is 0 Å². The van der Waals surface area contributed by atoms with Crippen molar-refractivity contribution in [2.45, 2.75) is 18.5 Å². The average molecular weight is 153 g/mol. The monoisotopic (exact) mass is 152 g/mol. The second kappa shape index (κ2) is 4.06. The first-order valence-corrected chi connectivity index (χ1v) is 3.25. The smallest absolute Gasteiger partial charge is 0.123 e. The molecule has 0 saturated carbocycles. The lowest BCUT2D eigenvalue weighted by Gasteiger charge is -2.23. The van der Waals surface area contributed by atoms with Crippen LogP contribution in [0.15, 0.2) is 0 Å². The Kier molecular flexibility index (Phi) is 4.14. The van der Waals surface area contributed by atoms with Gasteiger partial charge in [0, 0.05) is 7.05 Å². The highest BCUT2D eigenvalue weighted by molar-refractivity contribution is 6.20. The molecule has 0 radical (unpaired) electrons. The van der Waals surface area contributed by atoms with E-state index in [2.05, 4.69) is 5.43 Å². The Labute approximate surface area is 60.6 Å². The Bertz CT molecular complexity index is 79.4. The molecule has 0 saturated heterocycles. The Morgan fingerprint density at radius 3 is 2.22 bits per heavy atom. The van der Waals surface area contributed by atoms with E-state index < -0.39 is 6.10 Å². The first-order valence-electron chi connectivity index (χ1n) is 2.82. The van der Waals surface area contributed by atoms with Crippen molar-refractivity contribution < 1.29 is 5.11 Å². The summed E-state index contributed by atoms with van der Waals surface area (Å²) in [5.41, 5.74) is 2.42. The van der Waals surface area contributed by atoms with E-state index in [1.807, 2.05) is 0 Å². The predicted octanol–water partition coefficient (Wildman–Crippen LogP) is -0.00170. The number of rotatable bonds is 3. The van der Waals surface area contributed by atoms with E-state index in [0.29, 0.717) is 0 Å². The second-order valence-electron chi connectivity index (χ2n) is 1.95. The van der Waals surface area contributed by atoms with Crippen LogP contribution in [-0.4, -0.2) is 35.8 Å². The molecule has 0 bridgehead atoms. The average Bonchev–Trinajstić information content (AvgIpc) is 1.84. The fourth-order valence-electron chi connectivity index (χ4n) is 0.447. The van der Waals surface area contributed by atoms with Gasteiger partial charge in [-0.25, -0.2) is 5.01 Å². The number of likely N-dealkylation sites (N-methyl/N-ethyl adjacent to an activating group) is 1. The molecule has 0 aliphatic carbocycles. The quantitative estimate of drug-likeness (QED) is 0.340. The zero-order chi connectivity index (χ0) is 7.44. The van der Waals surface area contributed by atoms with Gasteiger partial charge in [-0.05, 0) is 14.0 Å². The number of nitrogens with zero attached hydrogens (tertiary/aromatic N) is 1. The third kappa shape index (κ3) is 3.01. The maximum absolute atomic E-state index is 8.91. The fourth-order valence-corrected chi connectivity index (χ4v) is 0.545. The lowest BCUT2D eigenvalue weighted by molar-refractivity contribution is 0.0963. The molecule has 9 heavy (non-hydrogen) atoms. The van der Waals surface area contributed by atoms with Gasteiger partial charge in [0.25, 0.3) is 0 Å². The van der Waals surface area contributed by atoms with Crippen LogP contribution >= 0.6 is 11.6 Å². The van der Waals surface area contributed by atoms with Crippen LogP contribution in [-0.2, 0) is 0 Å². The number of hydrogen-bond donors (Lipinski definition) is 2. The highest BCUT2D eigenvalue weighted by Crippen LogP contribution is 2.03. The maximum Gasteiger partial charge on any atom is 0.123 e. The molecular formula is C5H13ClN2O. The predicted molar refractivity (Wildman–Crippen MR) is 38.1 cm³/mol. The molecule has 0 aromatic carbocycles. The standard InChI is InChI=1S/C5H13ClN2O/c1-4(9)5(6)8(3)7-2/h4-5,7,9H,1-3H3. The number of hydrogen-bond acceptors (Lipinski definition) is 3. The van der Waals surface area contributed by atoms with Gasteiger partial charge in [0.1, 0.15) is 5.50 Å². The van der Waals surface area contributed by atoms with Gasteiger partial charge < -0.3 is 5.11 Å². The summed E-state index contributed by atoms with van der Waals surface area (Å²) in [4.78, 5) is 0. The molecule has 0 amide bonds. The van der Waals surface area contributed by atoms with Gasteiger partial charge >= 0.3 is 0 Å². The van der Waals surface area contributed by atoms with Crippen molar-refractivity contribution >= 4 is 11.6 Å². The van der Waals surface area contributed by atoms with Crippen molar-refractivity contribution in [3.63, 3.8) is 0 Å². The van der Waals surface area contributed by atoms with E-state index >= 15 is 0 Å². The number of hydrazine groups is 1. The van der Waals surface area contributed by atoms with Crippen LogP contribution in [0.5, 0.6) is 0 Å². The largest absolute Gasteiger partial charge is 0.390 e. The Morgan fingerprint density at radius 2 is 2.11 bits per heavy atom. The van der Waals surface area contributed by atoms with E-state index in [9.17, 15) is 0 Å². The van der Waals surface area contributed by atoms with Crippen molar-refractivity contribution in [3.8, 4) is 0 Å². The molecule has 0 heterocycles. The van der Waals surface area contributed by atoms with Crippen LogP contribution < -0.4 is 5.43 Å². The van der Waals surface area contributed by atoms with Crippen molar-refractivity contribution in [1.82, 2.24) is 10.4 Å². The van der Waals surface area contributed by atoms with Gasteiger partial charge in [0.05, 0.1) is 6.10 Å². The SMILES string of the molecule is CNN(C)C(Cl)C(C)O. The lowest BCUT2D eigenvalue weighted by Crippen LogP contribution is -2.42. The zero-order valence-electron chi connectivity index (χ0n) is 5.93. The molecule has 3 nitrogen and oxygen atoms in total. The Balaban J connectivity index is 3.58. The summed E-state index contributed by atoms with van der Waals surface area (Å²) in [6.45, 7) is 1.64. The fraction of sp³-hybridized carbons (Fsp3) is 1.00. The van der Waals surface area contributed by atoms with E-state index in [-0.39, 0.29) is 5.50 Å². The summed E-state index contributed by atoms with van der Waals surface area (Å²) in [6.07, 6.45) is -0.524. The highest BCUT2D eigenvalue weighted by atomic mass is 35.5. The van der Waals surface area contributed by atoms with Crippen molar-refractivity contribution in [2.75, 3.05) is 14.1 Å². The molecule has 2 N–H and O–H groups in total. The third-order valence-corrected chi connectivity index (χ3v) is 1.78. The molecule has 0 fully saturated rings. The molecule has 0 spiro atoms. The number of aliphatic hydroxyl groups is 1. The lowest BCUT2D eigenvalue weighted by atomic mass is 10.4. The molecule has 0 aromatic rings. The zero-order valence-corrected chi connectivity index (χ0v) is 6.68. The normalized spacial score (nSPS) is 18.0. The molecule has 0 aromatic heterocycles. The molecule has 0 aliphatic rings. The molecule has 2 unspecified atom stereocenters. The number of aliphatic hydroxyl groups excluding tert-OH is 1. The van der Waals surface area contributed by atoms with E-state index in [1.165, 1.54) is 0 Å². The molecule has 2 atom stereocenters. The summed E-state index contributed by atoms with van der Waals surface area (Å²) in [5.74, 6) is 0. The maximum atomic E-state index is 8.91. The van der Waals surface area contributed by atoms with Crippen LogP contribution in [0.2, 0.25) is 0 Å². The first-order chi connectivity index (χ1) is 4.09. The number of nitrogens with one attached hydrogen (secondary N) is 1. The second-order valence-corrected chi connectivity index (χ2v) is 2.39. The van der Waals surface area contributed by atoms with Gasteiger partial charge in [-0.15, -0.1) is 11.6 Å². The van der Waals surface area contributed by atoms with Crippen LogP contribution in [0.4, 0.5) is 0 Å². The summed E-state index contributed by atoms with van der Waals surface area (Å²) in [6, 6.07) is 0. The van der Waals surface area contributed by atoms with Gasteiger partial charge in [-0.2, -0.15) is 0 Å². The van der Waals surface area contributed by atoms with Gasteiger partial charge in [0.15, 0.2) is 0 Å². The van der Waals surface area contributed by atoms with E-state index in [0.717, 1.165) is 0 Å². The molecule has 4 heteroatoms. The van der Waals surface area contributed by atoms with Crippen LogP contribution in [0.25, 0.3) is 0 Å². The highest BCUT2D eigenvalue weighted by Gasteiger charge is 2.14. The summed E-state index contributed by atoms with van der Waals surface area (Å²) in [7, 11) is 3.52. The van der Waals surface area contributed by atoms with Crippen molar-refractivity contribution in [3.05, 3.63) is 0 Å². The van der Waals surface area contributed by atoms with Crippen molar-refractivity contribution in [1.29, 1.82) is 0 Å². The number of alkyl halides is 1. The molecule has 0 rings (SSSR count). The Morgan fingerprint density at radius 1 is 1.67 bits per heavy atom. The van der Waals surface area contributed by atoms with E-state index in [1.54, 1.807) is 26.0 Å². The van der Waals surface area contributed by atoms with Gasteiger partial charge in [-0.1, -0.05) is 0 Å². The molecule has 56 valence electrons. The Hall–Kier alpha value is 0.170. The van der Waals surface area contributed by atoms with Gasteiger partial charge in [-0.3, -0.25) is 5.43 Å². The minimum Gasteiger partial charge on any atom is -0.390 e. The number of halogens is 1. The summed E-state index contributed by atoms with van der Waals surface area (Å²) < 4.78 is 0. The van der Waals surface area contributed by atoms with Crippen LogP contribution in [0.3, 0.4) is 0 Å². The van der Waals surface area contributed by atoms with Gasteiger partial charge in [0.2, 0.25) is 0 Å². The van der Waals surface area contributed by atoms with E-state index in [4.69, 9.17) is 16.7 Å². The summed E-state index contributed by atoms with van der Waals surface area (Å²) in [5, 5.41) is 10.5. The molecular weight excluding hydrogens is 140 g/mol. The van der Waals surface area contributed by atoms with Crippen LogP contribution in [0, 0.1) is 0 Å². The summed E-state index contributed by atoms with van der Waals surface area (Å²) >= 11 is 5.68. The molecule has 0 aliphatic heterocycles. The first kappa shape index (κ1) is 9.17. The third-order valence-electron chi connectivity index (χ3n) is 1.12. The minimum absolute atomic E-state index is 0.366. The topological polar surface area (TPSA) is 35.5 Å². The van der Waals surface area contributed by atoms with Crippen LogP contribution in [0.1, 0.15) is 6.92 Å².